The average molecular weight is 275 g/mol. The van der Waals surface area contributed by atoms with Crippen LogP contribution >= 0.6 is 0 Å². The van der Waals surface area contributed by atoms with Gasteiger partial charge in [0, 0.05) is 26.8 Å². The molecule has 0 bridgehead atoms. The Morgan fingerprint density at radius 3 is 2.55 bits per heavy atom. The summed E-state index contributed by atoms with van der Waals surface area (Å²) in [6, 6.07) is 2.03. The molecule has 110 valence electrons. The first-order valence-electron chi connectivity index (χ1n) is 7.69. The maximum absolute atomic E-state index is 4.31. The van der Waals surface area contributed by atoms with Crippen LogP contribution in [0.5, 0.6) is 0 Å². The van der Waals surface area contributed by atoms with Gasteiger partial charge in [-0.1, -0.05) is 0 Å². The molecule has 0 spiro atoms. The lowest BCUT2D eigenvalue weighted by atomic mass is 9.98. The van der Waals surface area contributed by atoms with E-state index in [-0.39, 0.29) is 0 Å². The van der Waals surface area contributed by atoms with Gasteiger partial charge >= 0.3 is 0 Å². The van der Waals surface area contributed by atoms with E-state index in [0.29, 0.717) is 0 Å². The van der Waals surface area contributed by atoms with Crippen molar-refractivity contribution in [1.29, 1.82) is 0 Å². The lowest BCUT2D eigenvalue weighted by Gasteiger charge is -2.18. The molecule has 0 amide bonds. The van der Waals surface area contributed by atoms with Crippen LogP contribution in [0.15, 0.2) is 17.3 Å². The minimum Gasteiger partial charge on any atom is -0.356 e. The summed E-state index contributed by atoms with van der Waals surface area (Å²) < 4.78 is 1.89. The van der Waals surface area contributed by atoms with Gasteiger partial charge in [0.15, 0.2) is 5.96 Å². The predicted molar refractivity (Wildman–Crippen MR) is 80.3 cm³/mol. The van der Waals surface area contributed by atoms with Crippen molar-refractivity contribution in [2.45, 2.75) is 32.2 Å². The molecule has 1 heterocycles. The average Bonchev–Trinajstić information content (AvgIpc) is 3.35. The van der Waals surface area contributed by atoms with E-state index >= 15 is 0 Å². The van der Waals surface area contributed by atoms with Gasteiger partial charge < -0.3 is 10.6 Å². The van der Waals surface area contributed by atoms with Crippen molar-refractivity contribution in [3.8, 4) is 0 Å². The molecule has 2 saturated carbocycles. The maximum atomic E-state index is 4.31. The molecular weight excluding hydrogens is 250 g/mol. The first-order valence-corrected chi connectivity index (χ1v) is 7.69. The first-order chi connectivity index (χ1) is 9.78. The Balaban J connectivity index is 1.46. The molecule has 5 nitrogen and oxygen atoms in total. The number of aliphatic imine (C=N–C) groups is 1. The highest BCUT2D eigenvalue weighted by Gasteiger charge is 2.41. The van der Waals surface area contributed by atoms with Gasteiger partial charge in [-0.3, -0.25) is 9.67 Å². The van der Waals surface area contributed by atoms with E-state index in [2.05, 4.69) is 20.7 Å². The summed E-state index contributed by atoms with van der Waals surface area (Å²) in [5, 5.41) is 11.0. The van der Waals surface area contributed by atoms with E-state index in [1.165, 1.54) is 25.7 Å². The van der Waals surface area contributed by atoms with Crippen LogP contribution in [0, 0.1) is 17.8 Å². The van der Waals surface area contributed by atoms with E-state index in [9.17, 15) is 0 Å². The highest BCUT2D eigenvalue weighted by Crippen LogP contribution is 2.48. The third kappa shape index (κ3) is 3.32. The van der Waals surface area contributed by atoms with Crippen LogP contribution in [0.4, 0.5) is 0 Å². The van der Waals surface area contributed by atoms with Crippen LogP contribution in [0.25, 0.3) is 0 Å². The standard InChI is InChI=1S/C15H25N5/c1-16-15(17-9-13-7-8-19-20(13)2)18-10-14(11-3-4-11)12-5-6-12/h7-8,11-12,14H,3-6,9-10H2,1-2H3,(H2,16,17,18). The largest absolute Gasteiger partial charge is 0.356 e. The minimum absolute atomic E-state index is 0.758. The number of aromatic nitrogens is 2. The summed E-state index contributed by atoms with van der Waals surface area (Å²) >= 11 is 0. The molecule has 0 radical (unpaired) electrons. The van der Waals surface area contributed by atoms with Gasteiger partial charge in [-0.15, -0.1) is 0 Å². The monoisotopic (exact) mass is 275 g/mol. The second-order valence-corrected chi connectivity index (χ2v) is 6.09. The Labute approximate surface area is 120 Å². The molecule has 1 aromatic rings. The smallest absolute Gasteiger partial charge is 0.191 e. The van der Waals surface area contributed by atoms with Crippen LogP contribution in [0.1, 0.15) is 31.4 Å². The molecular formula is C15H25N5. The molecule has 0 unspecified atom stereocenters. The predicted octanol–water partition coefficient (Wildman–Crippen LogP) is 1.52. The van der Waals surface area contributed by atoms with Crippen molar-refractivity contribution in [3.05, 3.63) is 18.0 Å². The molecule has 1 aromatic heterocycles. The molecule has 2 fully saturated rings. The zero-order valence-electron chi connectivity index (χ0n) is 12.5. The Morgan fingerprint density at radius 2 is 2.05 bits per heavy atom. The molecule has 0 atom stereocenters. The second-order valence-electron chi connectivity index (χ2n) is 6.09. The SMILES string of the molecule is CN=C(NCc1ccnn1C)NCC(C1CC1)C1CC1. The highest BCUT2D eigenvalue weighted by atomic mass is 15.3. The van der Waals surface area contributed by atoms with Gasteiger partial charge in [0.1, 0.15) is 0 Å². The summed E-state index contributed by atoms with van der Waals surface area (Å²) in [6.45, 7) is 1.83. The van der Waals surface area contributed by atoms with Crippen molar-refractivity contribution >= 4 is 5.96 Å². The number of nitrogens with zero attached hydrogens (tertiary/aromatic N) is 3. The number of rotatable bonds is 6. The highest BCUT2D eigenvalue weighted by molar-refractivity contribution is 5.79. The van der Waals surface area contributed by atoms with Crippen molar-refractivity contribution in [1.82, 2.24) is 20.4 Å². The van der Waals surface area contributed by atoms with E-state index in [1.54, 1.807) is 0 Å². The van der Waals surface area contributed by atoms with E-state index in [1.807, 2.05) is 31.0 Å². The molecule has 20 heavy (non-hydrogen) atoms. The lowest BCUT2D eigenvalue weighted by molar-refractivity contribution is 0.400. The van der Waals surface area contributed by atoms with Gasteiger partial charge in [0.2, 0.25) is 0 Å². The molecule has 2 aliphatic rings. The fraction of sp³-hybridized carbons (Fsp3) is 0.733. The van der Waals surface area contributed by atoms with Gasteiger partial charge in [-0.2, -0.15) is 5.10 Å². The van der Waals surface area contributed by atoms with Gasteiger partial charge in [0.05, 0.1) is 12.2 Å². The summed E-state index contributed by atoms with van der Waals surface area (Å²) in [5.74, 6) is 3.72. The maximum Gasteiger partial charge on any atom is 0.191 e. The zero-order chi connectivity index (χ0) is 13.9. The summed E-state index contributed by atoms with van der Waals surface area (Å²) in [6.07, 6.45) is 7.56. The Hall–Kier alpha value is -1.52. The van der Waals surface area contributed by atoms with E-state index in [4.69, 9.17) is 0 Å². The molecule has 2 N–H and O–H groups in total. The first kappa shape index (κ1) is 13.5. The molecule has 2 aliphatic carbocycles. The quantitative estimate of drug-likeness (QED) is 0.611. The molecule has 5 heteroatoms. The van der Waals surface area contributed by atoms with Crippen LogP contribution in [-0.4, -0.2) is 29.3 Å². The van der Waals surface area contributed by atoms with E-state index < -0.39 is 0 Å². The van der Waals surface area contributed by atoms with Crippen LogP contribution in [0.3, 0.4) is 0 Å². The van der Waals surface area contributed by atoms with Crippen molar-refractivity contribution < 1.29 is 0 Å². The van der Waals surface area contributed by atoms with Gasteiger partial charge in [0.25, 0.3) is 0 Å². The summed E-state index contributed by atoms with van der Waals surface area (Å²) in [5.41, 5.74) is 1.16. The van der Waals surface area contributed by atoms with E-state index in [0.717, 1.165) is 42.5 Å². The fourth-order valence-electron chi connectivity index (χ4n) is 2.95. The zero-order valence-corrected chi connectivity index (χ0v) is 12.5. The van der Waals surface area contributed by atoms with Crippen molar-refractivity contribution in [2.75, 3.05) is 13.6 Å². The number of aryl methyl sites for hydroxylation is 1. The normalized spacial score (nSPS) is 19.4. The minimum atomic E-state index is 0.758. The summed E-state index contributed by atoms with van der Waals surface area (Å²) in [7, 11) is 3.80. The molecule has 3 rings (SSSR count). The van der Waals surface area contributed by atoms with Crippen molar-refractivity contribution in [3.63, 3.8) is 0 Å². The molecule has 0 saturated heterocycles. The number of hydrogen-bond donors (Lipinski definition) is 2. The van der Waals surface area contributed by atoms with Crippen LogP contribution < -0.4 is 10.6 Å². The van der Waals surface area contributed by atoms with Crippen LogP contribution in [-0.2, 0) is 13.6 Å². The molecule has 0 aliphatic heterocycles. The van der Waals surface area contributed by atoms with Crippen molar-refractivity contribution in [2.24, 2.45) is 29.8 Å². The Bertz CT molecular complexity index is 458. The topological polar surface area (TPSA) is 54.2 Å². The van der Waals surface area contributed by atoms with Gasteiger partial charge in [-0.25, -0.2) is 0 Å². The lowest BCUT2D eigenvalue weighted by Crippen LogP contribution is -2.40. The Morgan fingerprint density at radius 1 is 1.35 bits per heavy atom. The fourth-order valence-corrected chi connectivity index (χ4v) is 2.95. The Kier molecular flexibility index (Phi) is 3.94. The summed E-state index contributed by atoms with van der Waals surface area (Å²) in [4.78, 5) is 4.31. The third-order valence-corrected chi connectivity index (χ3v) is 4.54. The number of guanidine groups is 1. The van der Waals surface area contributed by atoms with Gasteiger partial charge in [-0.05, 0) is 49.5 Å². The second kappa shape index (κ2) is 5.85. The molecule has 0 aromatic carbocycles. The van der Waals surface area contributed by atoms with Crippen LogP contribution in [0.2, 0.25) is 0 Å². The number of hydrogen-bond acceptors (Lipinski definition) is 2. The third-order valence-electron chi connectivity index (χ3n) is 4.54. The number of nitrogens with one attached hydrogen (secondary N) is 2.